The van der Waals surface area contributed by atoms with Gasteiger partial charge in [0.2, 0.25) is 5.89 Å². The second-order valence-electron chi connectivity index (χ2n) is 6.96. The summed E-state index contributed by atoms with van der Waals surface area (Å²) in [6.07, 6.45) is 4.91. The zero-order valence-corrected chi connectivity index (χ0v) is 17.5. The molecular weight excluding hydrogens is 384 g/mol. The Morgan fingerprint density at radius 3 is 2.57 bits per heavy atom. The van der Waals surface area contributed by atoms with Gasteiger partial charge in [-0.05, 0) is 56.5 Å². The van der Waals surface area contributed by atoms with Gasteiger partial charge in [0, 0.05) is 18.0 Å². The Morgan fingerprint density at radius 1 is 1.13 bits per heavy atom. The molecule has 3 aromatic rings. The summed E-state index contributed by atoms with van der Waals surface area (Å²) in [4.78, 5) is 30.0. The lowest BCUT2D eigenvalue weighted by Gasteiger charge is -2.09. The third-order valence-corrected chi connectivity index (χ3v) is 4.62. The largest absolute Gasteiger partial charge is 0.487 e. The van der Waals surface area contributed by atoms with Gasteiger partial charge in [-0.3, -0.25) is 9.87 Å². The van der Waals surface area contributed by atoms with Crippen LogP contribution in [0.3, 0.4) is 0 Å². The van der Waals surface area contributed by atoms with Gasteiger partial charge in [0.1, 0.15) is 29.9 Å². The van der Waals surface area contributed by atoms with E-state index in [1.165, 1.54) is 0 Å². The quantitative estimate of drug-likeness (QED) is 0.350. The van der Waals surface area contributed by atoms with E-state index in [1.54, 1.807) is 12.4 Å². The molecule has 2 aromatic heterocycles. The Hall–Kier alpha value is -3.19. The monoisotopic (exact) mass is 410 g/mol. The van der Waals surface area contributed by atoms with E-state index < -0.39 is 0 Å². The van der Waals surface area contributed by atoms with Gasteiger partial charge in [-0.2, -0.15) is 4.89 Å². The summed E-state index contributed by atoms with van der Waals surface area (Å²) in [5.41, 5.74) is 2.63. The minimum absolute atomic E-state index is 0.0977. The van der Waals surface area contributed by atoms with Crippen molar-refractivity contribution in [1.82, 2.24) is 9.97 Å². The predicted octanol–water partition coefficient (Wildman–Crippen LogP) is 4.83. The number of carbonyl (C=O) groups excluding carboxylic acids is 1. The number of oxazole rings is 1. The number of aryl methyl sites for hydroxylation is 2. The Morgan fingerprint density at radius 2 is 1.87 bits per heavy atom. The fraction of sp³-hybridized carbons (Fsp3) is 0.348. The lowest BCUT2D eigenvalue weighted by atomic mass is 10.1. The highest BCUT2D eigenvalue weighted by molar-refractivity contribution is 5.69. The van der Waals surface area contributed by atoms with E-state index in [4.69, 9.17) is 18.9 Å². The molecule has 2 heterocycles. The molecule has 0 N–H and O–H groups in total. The first-order valence-corrected chi connectivity index (χ1v) is 9.99. The van der Waals surface area contributed by atoms with Gasteiger partial charge in [0.25, 0.3) is 0 Å². The van der Waals surface area contributed by atoms with E-state index in [1.807, 2.05) is 57.2 Å². The standard InChI is InChI=1S/C23H26N2O5/c1-4-16(2)29-30-22(26)10-7-18-5-8-20(9-6-18)27-15-21-17(3)28-23(25-21)19-11-13-24-14-12-19/h5-6,8-9,11-14,16H,4,7,10,15H2,1-3H3. The maximum absolute atomic E-state index is 11.7. The number of hydrogen-bond donors (Lipinski definition) is 0. The molecule has 0 aliphatic heterocycles. The number of rotatable bonds is 10. The minimum Gasteiger partial charge on any atom is -0.487 e. The smallest absolute Gasteiger partial charge is 0.342 e. The zero-order chi connectivity index (χ0) is 21.3. The Labute approximate surface area is 175 Å². The molecule has 1 unspecified atom stereocenters. The third-order valence-electron chi connectivity index (χ3n) is 4.62. The highest BCUT2D eigenvalue weighted by Crippen LogP contribution is 2.22. The van der Waals surface area contributed by atoms with Gasteiger partial charge >= 0.3 is 5.97 Å². The van der Waals surface area contributed by atoms with Crippen molar-refractivity contribution >= 4 is 5.97 Å². The van der Waals surface area contributed by atoms with Crippen molar-refractivity contribution in [3.8, 4) is 17.2 Å². The van der Waals surface area contributed by atoms with E-state index in [9.17, 15) is 4.79 Å². The average molecular weight is 410 g/mol. The highest BCUT2D eigenvalue weighted by atomic mass is 17.2. The van der Waals surface area contributed by atoms with Gasteiger partial charge in [-0.1, -0.05) is 19.1 Å². The molecule has 7 nitrogen and oxygen atoms in total. The molecule has 0 saturated heterocycles. The summed E-state index contributed by atoms with van der Waals surface area (Å²) in [7, 11) is 0. The fourth-order valence-electron chi connectivity index (χ4n) is 2.58. The molecule has 0 spiro atoms. The SMILES string of the molecule is CCC(C)OOC(=O)CCc1ccc(OCc2nc(-c3ccncc3)oc2C)cc1. The van der Waals surface area contributed by atoms with Gasteiger partial charge in [0.15, 0.2) is 0 Å². The minimum atomic E-state index is -0.373. The number of aromatic nitrogens is 2. The molecule has 0 bridgehead atoms. The van der Waals surface area contributed by atoms with Crippen LogP contribution in [0.4, 0.5) is 0 Å². The van der Waals surface area contributed by atoms with Crippen molar-refractivity contribution < 1.29 is 23.7 Å². The molecule has 0 aliphatic rings. The molecule has 0 radical (unpaired) electrons. The van der Waals surface area contributed by atoms with Crippen molar-refractivity contribution in [2.45, 2.75) is 52.7 Å². The summed E-state index contributed by atoms with van der Waals surface area (Å²) < 4.78 is 11.6. The zero-order valence-electron chi connectivity index (χ0n) is 17.5. The molecule has 1 aromatic carbocycles. The van der Waals surface area contributed by atoms with Crippen LogP contribution in [0.5, 0.6) is 5.75 Å². The van der Waals surface area contributed by atoms with Crippen molar-refractivity contribution in [3.05, 3.63) is 65.8 Å². The lowest BCUT2D eigenvalue weighted by Crippen LogP contribution is -2.13. The number of benzene rings is 1. The van der Waals surface area contributed by atoms with Crippen LogP contribution in [0.25, 0.3) is 11.5 Å². The second-order valence-corrected chi connectivity index (χ2v) is 6.96. The van der Waals surface area contributed by atoms with E-state index in [-0.39, 0.29) is 18.5 Å². The van der Waals surface area contributed by atoms with Gasteiger partial charge in [0.05, 0.1) is 6.42 Å². The number of pyridine rings is 1. The first kappa shape index (κ1) is 21.5. The summed E-state index contributed by atoms with van der Waals surface area (Å²) in [6.45, 7) is 5.99. The molecule has 30 heavy (non-hydrogen) atoms. The van der Waals surface area contributed by atoms with Crippen LogP contribution in [0.1, 0.15) is 43.7 Å². The lowest BCUT2D eigenvalue weighted by molar-refractivity contribution is -0.294. The molecule has 0 aliphatic carbocycles. The van der Waals surface area contributed by atoms with Crippen molar-refractivity contribution in [2.75, 3.05) is 0 Å². The molecule has 158 valence electrons. The van der Waals surface area contributed by atoms with Crippen LogP contribution in [0.2, 0.25) is 0 Å². The van der Waals surface area contributed by atoms with E-state index >= 15 is 0 Å². The van der Waals surface area contributed by atoms with Gasteiger partial charge in [-0.25, -0.2) is 9.78 Å². The normalized spacial score (nSPS) is 11.8. The molecule has 0 fully saturated rings. The average Bonchev–Trinajstić information content (AvgIpc) is 3.16. The summed E-state index contributed by atoms with van der Waals surface area (Å²) in [6, 6.07) is 11.3. The van der Waals surface area contributed by atoms with Crippen LogP contribution >= 0.6 is 0 Å². The number of ether oxygens (including phenoxy) is 1. The summed E-state index contributed by atoms with van der Waals surface area (Å²) >= 11 is 0. The van der Waals surface area contributed by atoms with E-state index in [0.29, 0.717) is 24.7 Å². The molecule has 3 rings (SSSR count). The maximum Gasteiger partial charge on any atom is 0.342 e. The first-order chi connectivity index (χ1) is 14.5. The predicted molar refractivity (Wildman–Crippen MR) is 110 cm³/mol. The van der Waals surface area contributed by atoms with Crippen molar-refractivity contribution in [3.63, 3.8) is 0 Å². The van der Waals surface area contributed by atoms with Gasteiger partial charge < -0.3 is 9.15 Å². The Balaban J connectivity index is 1.48. The van der Waals surface area contributed by atoms with Crippen LogP contribution in [-0.2, 0) is 27.6 Å². The van der Waals surface area contributed by atoms with Crippen molar-refractivity contribution in [1.29, 1.82) is 0 Å². The number of hydrogen-bond acceptors (Lipinski definition) is 7. The number of nitrogens with zero attached hydrogens (tertiary/aromatic N) is 2. The van der Waals surface area contributed by atoms with Crippen LogP contribution in [-0.4, -0.2) is 22.0 Å². The third kappa shape index (κ3) is 6.15. The molecule has 0 amide bonds. The fourth-order valence-corrected chi connectivity index (χ4v) is 2.58. The van der Waals surface area contributed by atoms with Crippen molar-refractivity contribution in [2.24, 2.45) is 0 Å². The highest BCUT2D eigenvalue weighted by Gasteiger charge is 2.12. The van der Waals surface area contributed by atoms with Gasteiger partial charge in [-0.15, -0.1) is 0 Å². The van der Waals surface area contributed by atoms with E-state index in [2.05, 4.69) is 9.97 Å². The Bertz CT molecular complexity index is 938. The summed E-state index contributed by atoms with van der Waals surface area (Å²) in [5, 5.41) is 0. The topological polar surface area (TPSA) is 83.7 Å². The maximum atomic E-state index is 11.7. The number of carbonyl (C=O) groups is 1. The van der Waals surface area contributed by atoms with Crippen LogP contribution in [0.15, 0.2) is 53.2 Å². The second kappa shape index (κ2) is 10.5. The molecule has 0 saturated carbocycles. The first-order valence-electron chi connectivity index (χ1n) is 9.99. The summed E-state index contributed by atoms with van der Waals surface area (Å²) in [5.74, 6) is 1.61. The van der Waals surface area contributed by atoms with E-state index in [0.717, 1.165) is 29.0 Å². The van der Waals surface area contributed by atoms with Crippen LogP contribution < -0.4 is 4.74 Å². The van der Waals surface area contributed by atoms with Crippen LogP contribution in [0, 0.1) is 6.92 Å². The molecular formula is C23H26N2O5. The molecule has 1 atom stereocenters. The Kier molecular flexibility index (Phi) is 7.57. The molecule has 7 heteroatoms.